The number of benzene rings is 1. The molecule has 0 radical (unpaired) electrons. The van der Waals surface area contributed by atoms with E-state index in [0.29, 0.717) is 6.07 Å². The van der Waals surface area contributed by atoms with Crippen molar-refractivity contribution in [1.82, 2.24) is 0 Å². The first kappa shape index (κ1) is 13.3. The second-order valence-corrected chi connectivity index (χ2v) is 3.16. The molecule has 0 aromatic heterocycles. The Hall–Kier alpha value is -1.72. The van der Waals surface area contributed by atoms with Crippen LogP contribution in [-0.2, 0) is 16.0 Å². The van der Waals surface area contributed by atoms with Gasteiger partial charge in [-0.1, -0.05) is 0 Å². The minimum absolute atomic E-state index is 0.126. The summed E-state index contributed by atoms with van der Waals surface area (Å²) in [5.41, 5.74) is -0.306. The maximum atomic E-state index is 13.6. The van der Waals surface area contributed by atoms with E-state index in [-0.39, 0.29) is 12.2 Å². The first-order valence-electron chi connectivity index (χ1n) is 4.87. The highest BCUT2D eigenvalue weighted by molar-refractivity contribution is 5.72. The minimum Gasteiger partial charge on any atom is -0.491 e. The van der Waals surface area contributed by atoms with Crippen LogP contribution >= 0.6 is 0 Å². The van der Waals surface area contributed by atoms with E-state index in [4.69, 9.17) is 0 Å². The lowest BCUT2D eigenvalue weighted by molar-refractivity contribution is -0.142. The maximum Gasteiger partial charge on any atom is 0.310 e. The molecule has 1 aromatic rings. The molecule has 0 atom stereocenters. The van der Waals surface area contributed by atoms with Crippen LogP contribution in [0.15, 0.2) is 6.07 Å². The molecule has 17 heavy (non-hydrogen) atoms. The molecule has 6 heteroatoms. The van der Waals surface area contributed by atoms with Gasteiger partial charge in [-0.3, -0.25) is 4.79 Å². The number of carbonyl (C=O) groups is 1. The zero-order valence-electron chi connectivity index (χ0n) is 9.35. The Morgan fingerprint density at radius 2 is 1.94 bits per heavy atom. The molecule has 0 saturated heterocycles. The second kappa shape index (κ2) is 5.56. The molecule has 0 spiro atoms. The molecule has 0 N–H and O–H groups in total. The van der Waals surface area contributed by atoms with Crippen LogP contribution in [0, 0.1) is 17.5 Å². The Labute approximate surface area is 96.1 Å². The van der Waals surface area contributed by atoms with Gasteiger partial charge >= 0.3 is 5.97 Å². The number of carbonyl (C=O) groups excluding carboxylic acids is 1. The summed E-state index contributed by atoms with van der Waals surface area (Å²) in [4.78, 5) is 11.1. The fourth-order valence-electron chi connectivity index (χ4n) is 1.31. The molecular weight excluding hydrogens is 237 g/mol. The summed E-state index contributed by atoms with van der Waals surface area (Å²) in [6.45, 7) is 1.71. The van der Waals surface area contributed by atoms with Gasteiger partial charge in [0.15, 0.2) is 17.4 Å². The van der Waals surface area contributed by atoms with Gasteiger partial charge in [0, 0.05) is 5.56 Å². The number of hydrogen-bond acceptors (Lipinski definition) is 3. The first-order chi connectivity index (χ1) is 8.01. The number of rotatable bonds is 4. The molecule has 1 aromatic carbocycles. The molecule has 0 aliphatic rings. The van der Waals surface area contributed by atoms with Crippen molar-refractivity contribution in [2.24, 2.45) is 0 Å². The lowest BCUT2D eigenvalue weighted by Crippen LogP contribution is -2.10. The highest BCUT2D eigenvalue weighted by Gasteiger charge is 2.21. The van der Waals surface area contributed by atoms with E-state index < -0.39 is 35.6 Å². The number of halogens is 3. The fraction of sp³-hybridized carbons (Fsp3) is 0.364. The Bertz CT molecular complexity index is 432. The van der Waals surface area contributed by atoms with Gasteiger partial charge in [-0.25, -0.2) is 8.78 Å². The summed E-state index contributed by atoms with van der Waals surface area (Å²) in [6.07, 6.45) is -0.479. The van der Waals surface area contributed by atoms with Crippen molar-refractivity contribution in [1.29, 1.82) is 0 Å². The van der Waals surface area contributed by atoms with Crippen LogP contribution in [0.4, 0.5) is 13.2 Å². The summed E-state index contributed by atoms with van der Waals surface area (Å²) in [6, 6.07) is 0.615. The average molecular weight is 248 g/mol. The predicted octanol–water partition coefficient (Wildman–Crippen LogP) is 2.22. The summed E-state index contributed by atoms with van der Waals surface area (Å²) in [5, 5.41) is 0. The van der Waals surface area contributed by atoms with Crippen molar-refractivity contribution < 1.29 is 27.4 Å². The summed E-state index contributed by atoms with van der Waals surface area (Å²) < 4.78 is 48.7. The van der Waals surface area contributed by atoms with Crippen LogP contribution in [0.3, 0.4) is 0 Å². The molecule has 94 valence electrons. The Kier molecular flexibility index (Phi) is 4.37. The zero-order chi connectivity index (χ0) is 13.0. The molecule has 3 nitrogen and oxygen atoms in total. The van der Waals surface area contributed by atoms with Gasteiger partial charge in [0.25, 0.3) is 0 Å². The normalized spacial score (nSPS) is 10.2. The predicted molar refractivity (Wildman–Crippen MR) is 53.2 cm³/mol. The van der Waals surface area contributed by atoms with Gasteiger partial charge in [-0.2, -0.15) is 4.39 Å². The quantitative estimate of drug-likeness (QED) is 0.605. The monoisotopic (exact) mass is 248 g/mol. The van der Waals surface area contributed by atoms with E-state index in [1.165, 1.54) is 0 Å². The molecular formula is C11H11F3O3. The second-order valence-electron chi connectivity index (χ2n) is 3.16. The number of esters is 1. The van der Waals surface area contributed by atoms with Gasteiger partial charge < -0.3 is 9.47 Å². The van der Waals surface area contributed by atoms with E-state index in [1.54, 1.807) is 6.92 Å². The van der Waals surface area contributed by atoms with Crippen molar-refractivity contribution in [3.05, 3.63) is 29.1 Å². The minimum atomic E-state index is -1.42. The van der Waals surface area contributed by atoms with Crippen molar-refractivity contribution in [3.8, 4) is 5.75 Å². The van der Waals surface area contributed by atoms with Crippen LogP contribution in [0.5, 0.6) is 5.75 Å². The molecule has 0 bridgehead atoms. The fourth-order valence-corrected chi connectivity index (χ4v) is 1.31. The molecule has 0 fully saturated rings. The molecule has 0 aliphatic heterocycles. The molecule has 0 amide bonds. The van der Waals surface area contributed by atoms with E-state index in [0.717, 1.165) is 7.11 Å². The highest BCUT2D eigenvalue weighted by Crippen LogP contribution is 2.27. The van der Waals surface area contributed by atoms with Crippen LogP contribution in [0.25, 0.3) is 0 Å². The lowest BCUT2D eigenvalue weighted by Gasteiger charge is -2.09. The van der Waals surface area contributed by atoms with Gasteiger partial charge in [-0.15, -0.1) is 0 Å². The standard InChI is InChI=1S/C11H11F3O3/c1-3-17-8(15)5-6-4-7(12)10(14)11(16-2)9(6)13/h4H,3,5H2,1-2H3. The van der Waals surface area contributed by atoms with Crippen molar-refractivity contribution in [2.75, 3.05) is 13.7 Å². The van der Waals surface area contributed by atoms with Crippen LogP contribution in [0.2, 0.25) is 0 Å². The summed E-state index contributed by atoms with van der Waals surface area (Å²) in [5.74, 6) is -5.36. The van der Waals surface area contributed by atoms with Crippen LogP contribution in [0.1, 0.15) is 12.5 Å². The topological polar surface area (TPSA) is 35.5 Å². The molecule has 0 heterocycles. The Morgan fingerprint density at radius 1 is 1.29 bits per heavy atom. The molecule has 0 saturated carbocycles. The molecule has 0 aliphatic carbocycles. The zero-order valence-corrected chi connectivity index (χ0v) is 9.35. The maximum absolute atomic E-state index is 13.6. The lowest BCUT2D eigenvalue weighted by atomic mass is 10.1. The third-order valence-corrected chi connectivity index (χ3v) is 2.04. The third kappa shape index (κ3) is 2.89. The van der Waals surface area contributed by atoms with Crippen molar-refractivity contribution in [3.63, 3.8) is 0 Å². The summed E-state index contributed by atoms with van der Waals surface area (Å²) in [7, 11) is 1.01. The summed E-state index contributed by atoms with van der Waals surface area (Å²) >= 11 is 0. The smallest absolute Gasteiger partial charge is 0.310 e. The SMILES string of the molecule is CCOC(=O)Cc1cc(F)c(F)c(OC)c1F. The van der Waals surface area contributed by atoms with E-state index in [9.17, 15) is 18.0 Å². The Morgan fingerprint density at radius 3 is 2.47 bits per heavy atom. The number of methoxy groups -OCH3 is 1. The molecule has 0 unspecified atom stereocenters. The third-order valence-electron chi connectivity index (χ3n) is 2.04. The van der Waals surface area contributed by atoms with Gasteiger partial charge in [0.05, 0.1) is 20.1 Å². The van der Waals surface area contributed by atoms with E-state index in [1.807, 2.05) is 0 Å². The number of hydrogen-bond donors (Lipinski definition) is 0. The molecule has 1 rings (SSSR count). The largest absolute Gasteiger partial charge is 0.491 e. The Balaban J connectivity index is 3.09. The highest BCUT2D eigenvalue weighted by atomic mass is 19.2. The van der Waals surface area contributed by atoms with Gasteiger partial charge in [0.2, 0.25) is 5.82 Å². The van der Waals surface area contributed by atoms with Crippen LogP contribution < -0.4 is 4.74 Å². The number of ether oxygens (including phenoxy) is 2. The van der Waals surface area contributed by atoms with Crippen molar-refractivity contribution >= 4 is 5.97 Å². The van der Waals surface area contributed by atoms with E-state index >= 15 is 0 Å². The van der Waals surface area contributed by atoms with E-state index in [2.05, 4.69) is 9.47 Å². The van der Waals surface area contributed by atoms with Gasteiger partial charge in [0.1, 0.15) is 0 Å². The van der Waals surface area contributed by atoms with Crippen LogP contribution in [-0.4, -0.2) is 19.7 Å². The van der Waals surface area contributed by atoms with Crippen molar-refractivity contribution in [2.45, 2.75) is 13.3 Å². The first-order valence-corrected chi connectivity index (χ1v) is 4.87. The van der Waals surface area contributed by atoms with Gasteiger partial charge in [-0.05, 0) is 13.0 Å². The average Bonchev–Trinajstić information content (AvgIpc) is 2.27.